The number of hydrogen-bond donors (Lipinski definition) is 0. The molecule has 2 heterocycles. The summed E-state index contributed by atoms with van der Waals surface area (Å²) in [7, 11) is 1.58. The van der Waals surface area contributed by atoms with Crippen LogP contribution < -0.4 is 0 Å². The first kappa shape index (κ1) is 17.0. The first-order valence-electron chi connectivity index (χ1n) is 8.03. The molecular formula is C20H19N3O2. The van der Waals surface area contributed by atoms with Crippen molar-refractivity contribution in [3.05, 3.63) is 60.1 Å². The van der Waals surface area contributed by atoms with Gasteiger partial charge in [-0.2, -0.15) is 5.26 Å². The fraction of sp³-hybridized carbons (Fsp3) is 0.300. The molecule has 1 atom stereocenters. The van der Waals surface area contributed by atoms with Gasteiger partial charge in [0, 0.05) is 30.5 Å². The summed E-state index contributed by atoms with van der Waals surface area (Å²) in [5.74, 6) is -0.161. The summed E-state index contributed by atoms with van der Waals surface area (Å²) in [6, 6.07) is 11.5. The normalized spacial score (nSPS) is 22.2. The van der Waals surface area contributed by atoms with E-state index in [-0.39, 0.29) is 11.4 Å². The van der Waals surface area contributed by atoms with Gasteiger partial charge in [0.25, 0.3) is 0 Å². The van der Waals surface area contributed by atoms with Gasteiger partial charge < -0.3 is 4.74 Å². The highest BCUT2D eigenvalue weighted by Gasteiger charge is 2.47. The van der Waals surface area contributed by atoms with Gasteiger partial charge in [-0.15, -0.1) is 0 Å². The van der Waals surface area contributed by atoms with E-state index in [9.17, 15) is 10.1 Å². The Labute approximate surface area is 147 Å². The Kier molecular flexibility index (Phi) is 4.23. The highest BCUT2D eigenvalue weighted by atomic mass is 16.5. The van der Waals surface area contributed by atoms with Crippen LogP contribution in [0.3, 0.4) is 0 Å². The number of aromatic nitrogens is 2. The number of nitrogens with zero attached hydrogens (tertiary/aromatic N) is 3. The summed E-state index contributed by atoms with van der Waals surface area (Å²) in [6.45, 7) is 3.66. The Morgan fingerprint density at radius 3 is 2.68 bits per heavy atom. The predicted octanol–water partition coefficient (Wildman–Crippen LogP) is 3.43. The maximum atomic E-state index is 12.4. The van der Waals surface area contributed by atoms with E-state index in [0.717, 1.165) is 11.3 Å². The molecular weight excluding hydrogens is 314 g/mol. The maximum Gasteiger partial charge on any atom is 0.178 e. The van der Waals surface area contributed by atoms with Crippen LogP contribution in [0, 0.1) is 16.7 Å². The lowest BCUT2D eigenvalue weighted by Gasteiger charge is -2.39. The van der Waals surface area contributed by atoms with Crippen molar-refractivity contribution in [1.29, 1.82) is 5.26 Å². The molecule has 0 spiro atoms. The third kappa shape index (κ3) is 2.97. The smallest absolute Gasteiger partial charge is 0.178 e. The van der Waals surface area contributed by atoms with E-state index in [2.05, 4.69) is 4.98 Å². The second kappa shape index (κ2) is 6.23. The molecule has 2 aromatic rings. The number of carbonyl (C=O) groups excluding carboxylic acids is 1. The largest absolute Gasteiger partial charge is 0.368 e. The van der Waals surface area contributed by atoms with E-state index in [4.69, 9.17) is 9.72 Å². The molecule has 3 rings (SSSR count). The topological polar surface area (TPSA) is 75.9 Å². The van der Waals surface area contributed by atoms with Crippen molar-refractivity contribution < 1.29 is 9.53 Å². The lowest BCUT2D eigenvalue weighted by molar-refractivity contribution is -0.128. The Balaban J connectivity index is 2.15. The summed E-state index contributed by atoms with van der Waals surface area (Å²) in [5, 5.41) is 9.38. The number of Topliss-reactive ketones (excluding diaryl/α,β-unsaturated/α-hetero) is 1. The molecule has 0 aromatic carbocycles. The molecule has 1 unspecified atom stereocenters. The van der Waals surface area contributed by atoms with Crippen molar-refractivity contribution in [2.45, 2.75) is 25.9 Å². The van der Waals surface area contributed by atoms with Crippen LogP contribution in [0.15, 0.2) is 54.4 Å². The van der Waals surface area contributed by atoms with Gasteiger partial charge in [0.05, 0.1) is 17.0 Å². The van der Waals surface area contributed by atoms with Crippen LogP contribution in [0.2, 0.25) is 0 Å². The molecule has 5 heteroatoms. The minimum atomic E-state index is -0.916. The second-order valence-electron chi connectivity index (χ2n) is 6.80. The molecule has 1 aliphatic rings. The molecule has 5 nitrogen and oxygen atoms in total. The van der Waals surface area contributed by atoms with E-state index in [1.165, 1.54) is 0 Å². The minimum Gasteiger partial charge on any atom is -0.368 e. The lowest BCUT2D eigenvalue weighted by atomic mass is 9.68. The van der Waals surface area contributed by atoms with Crippen molar-refractivity contribution in [2.24, 2.45) is 5.41 Å². The molecule has 126 valence electrons. The zero-order valence-electron chi connectivity index (χ0n) is 14.5. The van der Waals surface area contributed by atoms with Gasteiger partial charge in [0.15, 0.2) is 5.78 Å². The average molecular weight is 333 g/mol. The molecule has 0 radical (unpaired) electrons. The minimum absolute atomic E-state index is 0.117. The molecule has 0 amide bonds. The van der Waals surface area contributed by atoms with Crippen molar-refractivity contribution >= 4 is 5.78 Å². The molecule has 1 aliphatic carbocycles. The number of ether oxygens (including phenoxy) is 1. The lowest BCUT2D eigenvalue weighted by Crippen LogP contribution is -2.42. The van der Waals surface area contributed by atoms with E-state index >= 15 is 0 Å². The Morgan fingerprint density at radius 1 is 1.24 bits per heavy atom. The van der Waals surface area contributed by atoms with Crippen LogP contribution in [0.5, 0.6) is 0 Å². The Hall–Kier alpha value is -2.84. The van der Waals surface area contributed by atoms with E-state index in [1.807, 2.05) is 50.2 Å². The average Bonchev–Trinajstić information content (AvgIpc) is 2.64. The second-order valence-corrected chi connectivity index (χ2v) is 6.80. The highest BCUT2D eigenvalue weighted by molar-refractivity contribution is 6.04. The van der Waals surface area contributed by atoms with Crippen molar-refractivity contribution in [2.75, 3.05) is 7.11 Å². The number of hydrogen-bond acceptors (Lipinski definition) is 5. The quantitative estimate of drug-likeness (QED) is 0.860. The van der Waals surface area contributed by atoms with Crippen molar-refractivity contribution in [1.82, 2.24) is 9.97 Å². The molecule has 0 saturated carbocycles. The zero-order valence-corrected chi connectivity index (χ0v) is 14.5. The number of nitriles is 1. The molecule has 0 fully saturated rings. The van der Waals surface area contributed by atoms with E-state index in [0.29, 0.717) is 12.1 Å². The molecule has 0 saturated heterocycles. The molecule has 0 N–H and O–H groups in total. The van der Waals surface area contributed by atoms with Crippen LogP contribution in [-0.4, -0.2) is 22.9 Å². The molecule has 25 heavy (non-hydrogen) atoms. The monoisotopic (exact) mass is 333 g/mol. The van der Waals surface area contributed by atoms with Gasteiger partial charge >= 0.3 is 0 Å². The van der Waals surface area contributed by atoms with E-state index < -0.39 is 11.0 Å². The summed E-state index contributed by atoms with van der Waals surface area (Å²) in [6.07, 6.45) is 5.48. The first-order valence-corrected chi connectivity index (χ1v) is 8.03. The van der Waals surface area contributed by atoms with Gasteiger partial charge in [-0.3, -0.25) is 9.78 Å². The third-order valence-corrected chi connectivity index (χ3v) is 4.57. The Morgan fingerprint density at radius 2 is 2.04 bits per heavy atom. The number of carbonyl (C=O) groups is 1. The summed E-state index contributed by atoms with van der Waals surface area (Å²) in [4.78, 5) is 21.3. The predicted molar refractivity (Wildman–Crippen MR) is 93.3 cm³/mol. The van der Waals surface area contributed by atoms with Gasteiger partial charge in [-0.05, 0) is 36.8 Å². The number of methoxy groups -OCH3 is 1. The standard InChI is InChI=1S/C20H19N3O2/c1-19(2)13-20(25-3,10-15(11-21)18(19)24)17-8-4-7-16(23-17)14-6-5-9-22-12-14/h4-10,12H,13H2,1-3H3. The fourth-order valence-electron chi connectivity index (χ4n) is 3.28. The maximum absolute atomic E-state index is 12.4. The Bertz CT molecular complexity index is 881. The molecule has 0 aliphatic heterocycles. The zero-order chi connectivity index (χ0) is 18.1. The van der Waals surface area contributed by atoms with Crippen LogP contribution in [-0.2, 0) is 15.1 Å². The first-order chi connectivity index (χ1) is 11.9. The summed E-state index contributed by atoms with van der Waals surface area (Å²) in [5.41, 5.74) is 0.828. The van der Waals surface area contributed by atoms with Crippen LogP contribution in [0.25, 0.3) is 11.3 Å². The van der Waals surface area contributed by atoms with Crippen LogP contribution in [0.1, 0.15) is 26.0 Å². The van der Waals surface area contributed by atoms with Crippen molar-refractivity contribution in [3.63, 3.8) is 0 Å². The van der Waals surface area contributed by atoms with Crippen LogP contribution >= 0.6 is 0 Å². The van der Waals surface area contributed by atoms with Gasteiger partial charge in [0.1, 0.15) is 11.7 Å². The number of pyridine rings is 2. The molecule has 2 aromatic heterocycles. The van der Waals surface area contributed by atoms with Crippen molar-refractivity contribution in [3.8, 4) is 17.3 Å². The molecule has 0 bridgehead atoms. The highest BCUT2D eigenvalue weighted by Crippen LogP contribution is 2.44. The van der Waals surface area contributed by atoms with Gasteiger partial charge in [0.2, 0.25) is 0 Å². The summed E-state index contributed by atoms with van der Waals surface area (Å²) >= 11 is 0. The number of rotatable bonds is 3. The summed E-state index contributed by atoms with van der Waals surface area (Å²) < 4.78 is 5.81. The van der Waals surface area contributed by atoms with Crippen LogP contribution in [0.4, 0.5) is 0 Å². The number of allylic oxidation sites excluding steroid dienone is 1. The van der Waals surface area contributed by atoms with Gasteiger partial charge in [-0.25, -0.2) is 4.98 Å². The third-order valence-electron chi connectivity index (χ3n) is 4.57. The van der Waals surface area contributed by atoms with Gasteiger partial charge in [-0.1, -0.05) is 19.9 Å². The SMILES string of the molecule is COC1(c2cccc(-c3cccnc3)n2)C=C(C#N)C(=O)C(C)(C)C1. The number of ketones is 1. The van der Waals surface area contributed by atoms with E-state index in [1.54, 1.807) is 25.6 Å². The fourth-order valence-corrected chi connectivity index (χ4v) is 3.28.